The van der Waals surface area contributed by atoms with Crippen LogP contribution in [0.2, 0.25) is 0 Å². The number of aliphatic hydroxyl groups is 1. The topological polar surface area (TPSA) is 87.0 Å². The Bertz CT molecular complexity index is 787. The van der Waals surface area contributed by atoms with Gasteiger partial charge in [0.2, 0.25) is 0 Å². The molecule has 0 saturated carbocycles. The van der Waals surface area contributed by atoms with E-state index in [0.29, 0.717) is 29.7 Å². The molecule has 1 aliphatic heterocycles. The highest BCUT2D eigenvalue weighted by atomic mass is 16.5. The van der Waals surface area contributed by atoms with Gasteiger partial charge in [0.1, 0.15) is 23.4 Å². The summed E-state index contributed by atoms with van der Waals surface area (Å²) in [6.45, 7) is 3.40. The number of Topliss-reactive ketones (excluding diaryl/α,β-unsaturated/α-hetero) is 1. The van der Waals surface area contributed by atoms with Crippen molar-refractivity contribution in [3.8, 4) is 17.2 Å². The molecule has 2 aromatic carbocycles. The lowest BCUT2D eigenvalue weighted by Gasteiger charge is -2.28. The van der Waals surface area contributed by atoms with Gasteiger partial charge in [0, 0.05) is 5.56 Å². The number of ketones is 1. The van der Waals surface area contributed by atoms with Gasteiger partial charge < -0.3 is 20.1 Å². The second-order valence-corrected chi connectivity index (χ2v) is 7.08. The van der Waals surface area contributed by atoms with Gasteiger partial charge >= 0.3 is 0 Å². The lowest BCUT2D eigenvalue weighted by atomic mass is 9.91. The standard InChI is InChI=1S/C20H22O5/c1-20(2,24)10-9-15-16(22)8-7-14-17(23)11-18(25-19(14)15)12-3-5-13(21)6-4-12/h3-8,18,21-22,24H,9-11H2,1-2H3/t18-/m0/s1. The summed E-state index contributed by atoms with van der Waals surface area (Å²) in [5.74, 6) is 0.541. The number of rotatable bonds is 4. The predicted molar refractivity (Wildman–Crippen MR) is 93.1 cm³/mol. The van der Waals surface area contributed by atoms with Gasteiger partial charge in [-0.1, -0.05) is 12.1 Å². The molecule has 0 unspecified atom stereocenters. The number of ether oxygens (including phenoxy) is 1. The maximum Gasteiger partial charge on any atom is 0.170 e. The zero-order valence-corrected chi connectivity index (χ0v) is 14.3. The van der Waals surface area contributed by atoms with Crippen LogP contribution in [0.3, 0.4) is 0 Å². The summed E-state index contributed by atoms with van der Waals surface area (Å²) in [5.41, 5.74) is 0.896. The Labute approximate surface area is 146 Å². The zero-order valence-electron chi connectivity index (χ0n) is 14.3. The number of hydrogen-bond acceptors (Lipinski definition) is 5. The minimum Gasteiger partial charge on any atom is -0.508 e. The third kappa shape index (κ3) is 3.77. The van der Waals surface area contributed by atoms with Gasteiger partial charge in [-0.15, -0.1) is 0 Å². The molecule has 0 bridgehead atoms. The molecule has 5 heteroatoms. The maximum atomic E-state index is 12.5. The van der Waals surface area contributed by atoms with Crippen molar-refractivity contribution in [3.05, 3.63) is 53.1 Å². The largest absolute Gasteiger partial charge is 0.508 e. The van der Waals surface area contributed by atoms with Gasteiger partial charge in [0.15, 0.2) is 5.78 Å². The third-order valence-corrected chi connectivity index (χ3v) is 4.42. The fourth-order valence-corrected chi connectivity index (χ4v) is 2.98. The Kier molecular flexibility index (Phi) is 4.43. The molecule has 0 aromatic heterocycles. The highest BCUT2D eigenvalue weighted by Crippen LogP contribution is 2.41. The van der Waals surface area contributed by atoms with Crippen molar-refractivity contribution in [2.45, 2.75) is 44.8 Å². The number of benzene rings is 2. The molecule has 0 fully saturated rings. The van der Waals surface area contributed by atoms with E-state index < -0.39 is 11.7 Å². The van der Waals surface area contributed by atoms with Gasteiger partial charge in [0.05, 0.1) is 17.6 Å². The van der Waals surface area contributed by atoms with Crippen molar-refractivity contribution < 1.29 is 24.9 Å². The van der Waals surface area contributed by atoms with Crippen molar-refractivity contribution in [1.29, 1.82) is 0 Å². The van der Waals surface area contributed by atoms with E-state index in [1.807, 2.05) is 0 Å². The second kappa shape index (κ2) is 6.41. The fraction of sp³-hybridized carbons (Fsp3) is 0.350. The fourth-order valence-electron chi connectivity index (χ4n) is 2.98. The van der Waals surface area contributed by atoms with E-state index in [1.54, 1.807) is 44.2 Å². The van der Waals surface area contributed by atoms with Crippen molar-refractivity contribution >= 4 is 5.78 Å². The van der Waals surface area contributed by atoms with Gasteiger partial charge in [-0.3, -0.25) is 4.79 Å². The van der Waals surface area contributed by atoms with Crippen molar-refractivity contribution in [1.82, 2.24) is 0 Å². The van der Waals surface area contributed by atoms with E-state index in [1.165, 1.54) is 6.07 Å². The Morgan fingerprint density at radius 2 is 1.80 bits per heavy atom. The van der Waals surface area contributed by atoms with Crippen LogP contribution in [0.25, 0.3) is 0 Å². The summed E-state index contributed by atoms with van der Waals surface area (Å²) in [7, 11) is 0. The second-order valence-electron chi connectivity index (χ2n) is 7.08. The molecule has 25 heavy (non-hydrogen) atoms. The van der Waals surface area contributed by atoms with Crippen molar-refractivity contribution in [3.63, 3.8) is 0 Å². The number of phenolic OH excluding ortho intramolecular Hbond substituents is 2. The summed E-state index contributed by atoms with van der Waals surface area (Å²) in [6.07, 6.45) is 0.559. The number of carbonyl (C=O) groups is 1. The molecular weight excluding hydrogens is 320 g/mol. The van der Waals surface area contributed by atoms with Crippen LogP contribution in [0.5, 0.6) is 17.2 Å². The highest BCUT2D eigenvalue weighted by Gasteiger charge is 2.31. The lowest BCUT2D eigenvalue weighted by molar-refractivity contribution is 0.0706. The summed E-state index contributed by atoms with van der Waals surface area (Å²) < 4.78 is 6.06. The maximum absolute atomic E-state index is 12.5. The van der Waals surface area contributed by atoms with Crippen LogP contribution in [-0.4, -0.2) is 26.7 Å². The molecule has 3 rings (SSSR count). The molecule has 2 aromatic rings. The van der Waals surface area contributed by atoms with Gasteiger partial charge in [0.25, 0.3) is 0 Å². The smallest absolute Gasteiger partial charge is 0.170 e. The normalized spacial score (nSPS) is 17.1. The molecule has 132 valence electrons. The van der Waals surface area contributed by atoms with Crippen molar-refractivity contribution in [2.75, 3.05) is 0 Å². The first-order valence-corrected chi connectivity index (χ1v) is 8.30. The highest BCUT2D eigenvalue weighted by molar-refractivity contribution is 6.00. The number of aromatic hydroxyl groups is 2. The number of carbonyl (C=O) groups excluding carboxylic acids is 1. The Balaban J connectivity index is 1.96. The molecule has 5 nitrogen and oxygen atoms in total. The summed E-state index contributed by atoms with van der Waals surface area (Å²) in [6, 6.07) is 9.62. The van der Waals surface area contributed by atoms with Crippen LogP contribution in [0.15, 0.2) is 36.4 Å². The Morgan fingerprint density at radius 1 is 1.12 bits per heavy atom. The molecule has 0 radical (unpaired) electrons. The quantitative estimate of drug-likeness (QED) is 0.791. The first kappa shape index (κ1) is 17.3. The molecule has 1 aliphatic rings. The van der Waals surface area contributed by atoms with Crippen LogP contribution in [0.1, 0.15) is 54.3 Å². The number of fused-ring (bicyclic) bond motifs is 1. The SMILES string of the molecule is CC(C)(O)CCc1c(O)ccc2c1O[C@H](c1ccc(O)cc1)CC2=O. The first-order chi connectivity index (χ1) is 11.7. The number of hydrogen-bond donors (Lipinski definition) is 3. The molecular formula is C20H22O5. The van der Waals surface area contributed by atoms with Gasteiger partial charge in [-0.05, 0) is 56.5 Å². The van der Waals surface area contributed by atoms with E-state index in [-0.39, 0.29) is 23.7 Å². The van der Waals surface area contributed by atoms with Crippen LogP contribution in [0, 0.1) is 0 Å². The summed E-state index contributed by atoms with van der Waals surface area (Å²) in [4.78, 5) is 12.5. The predicted octanol–water partition coefficient (Wildman–Crippen LogP) is 3.51. The minimum absolute atomic E-state index is 0.0520. The molecule has 0 spiro atoms. The van der Waals surface area contributed by atoms with E-state index >= 15 is 0 Å². The Morgan fingerprint density at radius 3 is 2.44 bits per heavy atom. The first-order valence-electron chi connectivity index (χ1n) is 8.30. The lowest BCUT2D eigenvalue weighted by Crippen LogP contribution is -2.23. The van der Waals surface area contributed by atoms with E-state index in [2.05, 4.69) is 0 Å². The molecule has 0 amide bonds. The minimum atomic E-state index is -0.885. The van der Waals surface area contributed by atoms with Gasteiger partial charge in [-0.2, -0.15) is 0 Å². The van der Waals surface area contributed by atoms with Crippen LogP contribution < -0.4 is 4.74 Å². The Hall–Kier alpha value is -2.53. The van der Waals surface area contributed by atoms with Gasteiger partial charge in [-0.25, -0.2) is 0 Å². The molecule has 0 aliphatic carbocycles. The van der Waals surface area contributed by atoms with E-state index in [0.717, 1.165) is 5.56 Å². The van der Waals surface area contributed by atoms with E-state index in [4.69, 9.17) is 4.74 Å². The monoisotopic (exact) mass is 342 g/mol. The molecule has 0 saturated heterocycles. The third-order valence-electron chi connectivity index (χ3n) is 4.42. The molecule has 3 N–H and O–H groups in total. The summed E-state index contributed by atoms with van der Waals surface area (Å²) in [5, 5.41) is 29.6. The van der Waals surface area contributed by atoms with Crippen LogP contribution in [0.4, 0.5) is 0 Å². The molecule has 1 heterocycles. The average molecular weight is 342 g/mol. The number of phenols is 2. The zero-order chi connectivity index (χ0) is 18.2. The van der Waals surface area contributed by atoms with Crippen LogP contribution in [-0.2, 0) is 6.42 Å². The average Bonchev–Trinajstić information content (AvgIpc) is 2.53. The molecule has 1 atom stereocenters. The summed E-state index contributed by atoms with van der Waals surface area (Å²) >= 11 is 0. The van der Waals surface area contributed by atoms with E-state index in [9.17, 15) is 20.1 Å². The van der Waals surface area contributed by atoms with Crippen molar-refractivity contribution in [2.24, 2.45) is 0 Å². The van der Waals surface area contributed by atoms with Crippen LogP contribution >= 0.6 is 0 Å².